The summed E-state index contributed by atoms with van der Waals surface area (Å²) in [7, 11) is 1.78. The Bertz CT molecular complexity index is 953. The molecule has 1 atom stereocenters. The van der Waals surface area contributed by atoms with Crippen LogP contribution < -0.4 is 10.2 Å². The Labute approximate surface area is 163 Å². The number of fused-ring (bicyclic) bond motifs is 3. The van der Waals surface area contributed by atoms with Crippen LogP contribution in [0, 0.1) is 0 Å². The van der Waals surface area contributed by atoms with E-state index in [0.717, 1.165) is 0 Å². The van der Waals surface area contributed by atoms with E-state index in [1.54, 1.807) is 45.9 Å². The Kier molecular flexibility index (Phi) is 4.41. The summed E-state index contributed by atoms with van der Waals surface area (Å²) in [6.07, 6.45) is 3.53. The number of carbonyl (C=O) groups is 3. The summed E-state index contributed by atoms with van der Waals surface area (Å²) in [5.74, 6) is 0.303. The first kappa shape index (κ1) is 18.2. The maximum absolute atomic E-state index is 13.1. The molecule has 0 aliphatic carbocycles. The molecule has 0 spiro atoms. The minimum absolute atomic E-state index is 0.0281. The molecule has 1 aromatic carbocycles. The number of benzene rings is 1. The summed E-state index contributed by atoms with van der Waals surface area (Å²) in [6.45, 7) is 2.34. The highest BCUT2D eigenvalue weighted by Gasteiger charge is 2.52. The van der Waals surface area contributed by atoms with Crippen LogP contribution in [0.3, 0.4) is 0 Å². The molecule has 4 rings (SSSR count). The van der Waals surface area contributed by atoms with Crippen LogP contribution in [0.15, 0.2) is 36.5 Å². The van der Waals surface area contributed by atoms with Gasteiger partial charge in [-0.2, -0.15) is 5.10 Å². The molecule has 0 radical (unpaired) electrons. The molecule has 8 nitrogen and oxygen atoms in total. The van der Waals surface area contributed by atoms with Crippen LogP contribution in [0.25, 0.3) is 0 Å². The number of para-hydroxylation sites is 1. The van der Waals surface area contributed by atoms with Gasteiger partial charge < -0.3 is 10.2 Å². The number of anilines is 2. The highest BCUT2D eigenvalue weighted by Crippen LogP contribution is 2.43. The van der Waals surface area contributed by atoms with Crippen LogP contribution in [0.2, 0.25) is 0 Å². The van der Waals surface area contributed by atoms with Crippen molar-refractivity contribution in [2.24, 2.45) is 7.05 Å². The van der Waals surface area contributed by atoms with E-state index in [4.69, 9.17) is 0 Å². The Hall–Kier alpha value is -3.16. The average Bonchev–Trinajstić information content (AvgIpc) is 3.21. The summed E-state index contributed by atoms with van der Waals surface area (Å²) in [4.78, 5) is 41.3. The highest BCUT2D eigenvalue weighted by molar-refractivity contribution is 6.10. The van der Waals surface area contributed by atoms with E-state index in [1.165, 1.54) is 0 Å². The van der Waals surface area contributed by atoms with Crippen LogP contribution in [0.5, 0.6) is 0 Å². The van der Waals surface area contributed by atoms with Crippen molar-refractivity contribution in [1.29, 1.82) is 0 Å². The number of nitrogens with one attached hydrogen (secondary N) is 1. The smallest absolute Gasteiger partial charge is 0.257 e. The van der Waals surface area contributed by atoms with E-state index in [-0.39, 0.29) is 24.1 Å². The van der Waals surface area contributed by atoms with E-state index < -0.39 is 5.66 Å². The normalized spacial score (nSPS) is 20.9. The van der Waals surface area contributed by atoms with Gasteiger partial charge in [0.2, 0.25) is 11.8 Å². The molecule has 3 heterocycles. The topological polar surface area (TPSA) is 87.5 Å². The summed E-state index contributed by atoms with van der Waals surface area (Å²) >= 11 is 0. The van der Waals surface area contributed by atoms with Crippen molar-refractivity contribution in [3.05, 3.63) is 42.1 Å². The van der Waals surface area contributed by atoms with Gasteiger partial charge in [-0.1, -0.05) is 12.1 Å². The van der Waals surface area contributed by atoms with Crippen molar-refractivity contribution >= 4 is 29.2 Å². The van der Waals surface area contributed by atoms with E-state index in [9.17, 15) is 14.4 Å². The van der Waals surface area contributed by atoms with Crippen molar-refractivity contribution < 1.29 is 14.4 Å². The van der Waals surface area contributed by atoms with Gasteiger partial charge in [-0.3, -0.25) is 24.0 Å². The monoisotopic (exact) mass is 381 g/mol. The number of nitrogens with zero attached hydrogens (tertiary/aromatic N) is 4. The number of amides is 3. The lowest BCUT2D eigenvalue weighted by molar-refractivity contribution is -0.118. The Morgan fingerprint density at radius 1 is 1.25 bits per heavy atom. The van der Waals surface area contributed by atoms with Gasteiger partial charge in [0, 0.05) is 38.7 Å². The highest BCUT2D eigenvalue weighted by atomic mass is 16.2. The third-order valence-corrected chi connectivity index (χ3v) is 5.51. The summed E-state index contributed by atoms with van der Waals surface area (Å²) in [5.41, 5.74) is 0.537. The van der Waals surface area contributed by atoms with Crippen LogP contribution in [-0.2, 0) is 16.6 Å². The molecule has 2 aromatic rings. The molecule has 0 bridgehead atoms. The molecule has 1 saturated heterocycles. The van der Waals surface area contributed by atoms with Gasteiger partial charge in [0.1, 0.15) is 5.66 Å². The lowest BCUT2D eigenvalue weighted by Gasteiger charge is -2.48. The minimum Gasteiger partial charge on any atom is -0.315 e. The zero-order chi connectivity index (χ0) is 19.9. The fourth-order valence-electron chi connectivity index (χ4n) is 4.13. The van der Waals surface area contributed by atoms with Gasteiger partial charge in [0.25, 0.3) is 5.91 Å². The molecule has 0 saturated carbocycles. The number of hydrogen-bond donors (Lipinski definition) is 1. The number of rotatable bonds is 5. The third-order valence-electron chi connectivity index (χ3n) is 5.51. The summed E-state index contributed by atoms with van der Waals surface area (Å²) in [6, 6.07) is 8.95. The summed E-state index contributed by atoms with van der Waals surface area (Å²) in [5, 5.41) is 6.88. The van der Waals surface area contributed by atoms with Crippen LogP contribution in [-0.4, -0.2) is 44.6 Å². The molecule has 3 amide bonds. The fourth-order valence-corrected chi connectivity index (χ4v) is 4.13. The second-order valence-corrected chi connectivity index (χ2v) is 7.45. The van der Waals surface area contributed by atoms with Gasteiger partial charge in [0.15, 0.2) is 5.82 Å². The molecule has 1 unspecified atom stereocenters. The standard InChI is InChI=1S/C20H23N5O3/c1-20-11-9-18(27)25(20)15-7-4-3-6-14(15)19(28)24(20)12-5-8-17(26)21-16-10-13-23(2)22-16/h3-4,6-7,10,13H,5,8-9,11-12H2,1-2H3,(H,21,22,26). The zero-order valence-corrected chi connectivity index (χ0v) is 16.0. The Balaban J connectivity index is 1.47. The van der Waals surface area contributed by atoms with Gasteiger partial charge >= 0.3 is 0 Å². The van der Waals surface area contributed by atoms with Gasteiger partial charge in [-0.05, 0) is 31.9 Å². The molecule has 146 valence electrons. The zero-order valence-electron chi connectivity index (χ0n) is 16.0. The van der Waals surface area contributed by atoms with Crippen molar-refractivity contribution in [3.8, 4) is 0 Å². The number of carbonyl (C=O) groups excluding carboxylic acids is 3. The Morgan fingerprint density at radius 2 is 2.04 bits per heavy atom. The maximum Gasteiger partial charge on any atom is 0.257 e. The predicted octanol–water partition coefficient (Wildman–Crippen LogP) is 2.14. The quantitative estimate of drug-likeness (QED) is 0.860. The first-order valence-corrected chi connectivity index (χ1v) is 9.44. The molecule has 2 aliphatic heterocycles. The van der Waals surface area contributed by atoms with Gasteiger partial charge in [-0.15, -0.1) is 0 Å². The number of hydrogen-bond acceptors (Lipinski definition) is 4. The average molecular weight is 381 g/mol. The number of aryl methyl sites for hydroxylation is 1. The first-order valence-electron chi connectivity index (χ1n) is 9.44. The van der Waals surface area contributed by atoms with Crippen LogP contribution in [0.4, 0.5) is 11.5 Å². The largest absolute Gasteiger partial charge is 0.315 e. The molecular weight excluding hydrogens is 358 g/mol. The number of aromatic nitrogens is 2. The lowest BCUT2D eigenvalue weighted by atomic mass is 9.98. The maximum atomic E-state index is 13.1. The second kappa shape index (κ2) is 6.78. The van der Waals surface area contributed by atoms with E-state index in [1.807, 2.05) is 19.1 Å². The van der Waals surface area contributed by atoms with Gasteiger partial charge in [0.05, 0.1) is 11.3 Å². The van der Waals surface area contributed by atoms with Crippen molar-refractivity contribution in [2.75, 3.05) is 16.8 Å². The second-order valence-electron chi connectivity index (χ2n) is 7.45. The molecule has 1 aromatic heterocycles. The van der Waals surface area contributed by atoms with Crippen LogP contribution in [0.1, 0.15) is 43.0 Å². The first-order chi connectivity index (χ1) is 13.4. The van der Waals surface area contributed by atoms with E-state index >= 15 is 0 Å². The minimum atomic E-state index is -0.681. The predicted molar refractivity (Wildman–Crippen MR) is 104 cm³/mol. The molecule has 2 aliphatic rings. The molecule has 28 heavy (non-hydrogen) atoms. The third kappa shape index (κ3) is 2.94. The van der Waals surface area contributed by atoms with Crippen LogP contribution >= 0.6 is 0 Å². The van der Waals surface area contributed by atoms with E-state index in [0.29, 0.717) is 42.9 Å². The van der Waals surface area contributed by atoms with Crippen molar-refractivity contribution in [1.82, 2.24) is 14.7 Å². The molecule has 1 fully saturated rings. The lowest BCUT2D eigenvalue weighted by Crippen LogP contribution is -2.62. The Morgan fingerprint density at radius 3 is 2.79 bits per heavy atom. The molecule has 8 heteroatoms. The molecule has 1 N–H and O–H groups in total. The van der Waals surface area contributed by atoms with Crippen molar-refractivity contribution in [2.45, 2.75) is 38.3 Å². The molecular formula is C20H23N5O3. The van der Waals surface area contributed by atoms with Crippen molar-refractivity contribution in [3.63, 3.8) is 0 Å². The fraction of sp³-hybridized carbons (Fsp3) is 0.400. The summed E-state index contributed by atoms with van der Waals surface area (Å²) < 4.78 is 1.62. The van der Waals surface area contributed by atoms with Gasteiger partial charge in [-0.25, -0.2) is 0 Å². The SMILES string of the molecule is Cn1ccc(NC(=O)CCCN2C(=O)c3ccccc3N3C(=O)CCC23C)n1. The van der Waals surface area contributed by atoms with E-state index in [2.05, 4.69) is 10.4 Å².